The third kappa shape index (κ3) is 2.80. The molecule has 0 aliphatic heterocycles. The van der Waals surface area contributed by atoms with E-state index in [-0.39, 0.29) is 5.82 Å². The third-order valence-electron chi connectivity index (χ3n) is 3.42. The van der Waals surface area contributed by atoms with Gasteiger partial charge in [0, 0.05) is 11.3 Å². The average Bonchev–Trinajstić information content (AvgIpc) is 2.56. The fraction of sp³-hybridized carbons (Fsp3) is 0.0588. The van der Waals surface area contributed by atoms with E-state index < -0.39 is 0 Å². The van der Waals surface area contributed by atoms with E-state index in [9.17, 15) is 4.39 Å². The maximum absolute atomic E-state index is 14.4. The van der Waals surface area contributed by atoms with Crippen molar-refractivity contribution in [1.29, 1.82) is 0 Å². The quantitative estimate of drug-likeness (QED) is 0.720. The number of anilines is 1. The second-order valence-electron chi connectivity index (χ2n) is 4.84. The highest BCUT2D eigenvalue weighted by Crippen LogP contribution is 2.29. The van der Waals surface area contributed by atoms with Crippen LogP contribution in [0.2, 0.25) is 0 Å². The van der Waals surface area contributed by atoms with Crippen LogP contribution in [0.15, 0.2) is 54.9 Å². The van der Waals surface area contributed by atoms with Crippen LogP contribution in [0.25, 0.3) is 22.4 Å². The lowest BCUT2D eigenvalue weighted by molar-refractivity contribution is 0.631. The Morgan fingerprint density at radius 2 is 1.82 bits per heavy atom. The molecule has 5 heteroatoms. The highest BCUT2D eigenvalue weighted by atomic mass is 32.1. The molecule has 3 aromatic rings. The van der Waals surface area contributed by atoms with Crippen molar-refractivity contribution < 1.29 is 4.39 Å². The van der Waals surface area contributed by atoms with Gasteiger partial charge in [-0.2, -0.15) is 12.6 Å². The number of rotatable bonds is 3. The summed E-state index contributed by atoms with van der Waals surface area (Å²) in [7, 11) is 0. The molecule has 0 saturated carbocycles. The lowest BCUT2D eigenvalue weighted by Crippen LogP contribution is -1.95. The van der Waals surface area contributed by atoms with Crippen molar-refractivity contribution in [3.63, 3.8) is 0 Å². The predicted molar refractivity (Wildman–Crippen MR) is 90.0 cm³/mol. The molecule has 1 heterocycles. The van der Waals surface area contributed by atoms with Crippen molar-refractivity contribution in [2.24, 2.45) is 0 Å². The molecule has 22 heavy (non-hydrogen) atoms. The molecule has 0 radical (unpaired) electrons. The van der Waals surface area contributed by atoms with Crippen LogP contribution in [0.3, 0.4) is 0 Å². The number of nitrogens with two attached hydrogens (primary N) is 1. The largest absolute Gasteiger partial charge is 0.382 e. The van der Waals surface area contributed by atoms with Gasteiger partial charge in [-0.1, -0.05) is 30.3 Å². The van der Waals surface area contributed by atoms with Gasteiger partial charge in [0.25, 0.3) is 0 Å². The lowest BCUT2D eigenvalue weighted by atomic mass is 9.98. The molecule has 0 fully saturated rings. The molecule has 0 aliphatic rings. The molecule has 1 aromatic heterocycles. The monoisotopic (exact) mass is 311 g/mol. The molecule has 2 aromatic carbocycles. The molecule has 0 amide bonds. The number of nitrogen functional groups attached to an aromatic ring is 1. The lowest BCUT2D eigenvalue weighted by Gasteiger charge is -2.09. The van der Waals surface area contributed by atoms with Gasteiger partial charge in [0.1, 0.15) is 11.6 Å². The van der Waals surface area contributed by atoms with E-state index in [2.05, 4.69) is 22.6 Å². The zero-order chi connectivity index (χ0) is 15.5. The van der Waals surface area contributed by atoms with Gasteiger partial charge < -0.3 is 5.73 Å². The Bertz CT molecular complexity index is 803. The minimum Gasteiger partial charge on any atom is -0.382 e. The molecule has 110 valence electrons. The third-order valence-corrected chi connectivity index (χ3v) is 3.76. The van der Waals surface area contributed by atoms with Gasteiger partial charge in [0.05, 0.1) is 18.1 Å². The van der Waals surface area contributed by atoms with E-state index >= 15 is 0 Å². The molecule has 0 bridgehead atoms. The van der Waals surface area contributed by atoms with E-state index in [1.165, 1.54) is 18.5 Å². The number of benzene rings is 2. The van der Waals surface area contributed by atoms with Crippen molar-refractivity contribution in [3.05, 3.63) is 66.2 Å². The molecule has 0 unspecified atom stereocenters. The number of aromatic nitrogens is 2. The fourth-order valence-electron chi connectivity index (χ4n) is 2.31. The maximum Gasteiger partial charge on any atom is 0.141 e. The summed E-state index contributed by atoms with van der Waals surface area (Å²) in [6.07, 6.45) is 2.88. The minimum atomic E-state index is -0.342. The summed E-state index contributed by atoms with van der Waals surface area (Å²) in [4.78, 5) is 8.05. The highest BCUT2D eigenvalue weighted by Gasteiger charge is 2.10. The average molecular weight is 311 g/mol. The van der Waals surface area contributed by atoms with Gasteiger partial charge in [-0.3, -0.25) is 4.98 Å². The predicted octanol–water partition coefficient (Wildman–Crippen LogP) is 3.96. The molecule has 3 nitrogen and oxygen atoms in total. The molecular formula is C17H14FN3S. The topological polar surface area (TPSA) is 51.8 Å². The van der Waals surface area contributed by atoms with Gasteiger partial charge in [-0.15, -0.1) is 0 Å². The van der Waals surface area contributed by atoms with Gasteiger partial charge in [0.2, 0.25) is 0 Å². The normalized spacial score (nSPS) is 10.6. The standard InChI is InChI=1S/C17H14FN3S/c18-15-7-11(13-4-2-1-3-12(13)10-22)5-6-14(15)16-8-21-17(19)9-20-16/h1-9,22H,10H2,(H2,19,21). The van der Waals surface area contributed by atoms with E-state index in [0.717, 1.165) is 16.7 Å². The Morgan fingerprint density at radius 1 is 1.00 bits per heavy atom. The fourth-order valence-corrected chi connectivity index (χ4v) is 2.58. The molecule has 3 rings (SSSR count). The number of hydrogen-bond acceptors (Lipinski definition) is 4. The smallest absolute Gasteiger partial charge is 0.141 e. The Kier molecular flexibility index (Phi) is 4.06. The van der Waals surface area contributed by atoms with Gasteiger partial charge >= 0.3 is 0 Å². The molecule has 0 spiro atoms. The Hall–Kier alpha value is -2.40. The van der Waals surface area contributed by atoms with E-state index in [1.54, 1.807) is 6.07 Å². The van der Waals surface area contributed by atoms with Crippen LogP contribution in [-0.4, -0.2) is 9.97 Å². The first-order valence-electron chi connectivity index (χ1n) is 6.75. The summed E-state index contributed by atoms with van der Waals surface area (Å²) in [5.41, 5.74) is 9.21. The van der Waals surface area contributed by atoms with Crippen LogP contribution in [0.5, 0.6) is 0 Å². The zero-order valence-corrected chi connectivity index (χ0v) is 12.6. The molecule has 0 aliphatic carbocycles. The molecule has 0 atom stereocenters. The number of hydrogen-bond donors (Lipinski definition) is 2. The molecular weight excluding hydrogens is 297 g/mol. The number of halogens is 1. The summed E-state index contributed by atoms with van der Waals surface area (Å²) in [5.74, 6) is 0.567. The van der Waals surface area contributed by atoms with Gasteiger partial charge in [-0.05, 0) is 28.8 Å². The van der Waals surface area contributed by atoms with Crippen LogP contribution in [-0.2, 0) is 5.75 Å². The van der Waals surface area contributed by atoms with Crippen LogP contribution >= 0.6 is 12.6 Å². The zero-order valence-electron chi connectivity index (χ0n) is 11.7. The van der Waals surface area contributed by atoms with Crippen LogP contribution in [0.4, 0.5) is 10.2 Å². The van der Waals surface area contributed by atoms with Crippen molar-refractivity contribution in [1.82, 2.24) is 9.97 Å². The Morgan fingerprint density at radius 3 is 2.50 bits per heavy atom. The summed E-state index contributed by atoms with van der Waals surface area (Å²) >= 11 is 4.32. The Labute approximate surface area is 133 Å². The second-order valence-corrected chi connectivity index (χ2v) is 5.15. The second kappa shape index (κ2) is 6.15. The molecule has 2 N–H and O–H groups in total. The number of thiol groups is 1. The SMILES string of the molecule is Nc1cnc(-c2ccc(-c3ccccc3CS)cc2F)cn1. The van der Waals surface area contributed by atoms with Crippen molar-refractivity contribution in [3.8, 4) is 22.4 Å². The first-order valence-corrected chi connectivity index (χ1v) is 7.39. The van der Waals surface area contributed by atoms with Crippen LogP contribution in [0.1, 0.15) is 5.56 Å². The Balaban J connectivity index is 2.04. The maximum atomic E-state index is 14.4. The van der Waals surface area contributed by atoms with E-state index in [4.69, 9.17) is 5.73 Å². The van der Waals surface area contributed by atoms with Crippen molar-refractivity contribution in [2.75, 3.05) is 5.73 Å². The summed E-state index contributed by atoms with van der Waals surface area (Å²) < 4.78 is 14.4. The van der Waals surface area contributed by atoms with Gasteiger partial charge in [-0.25, -0.2) is 9.37 Å². The van der Waals surface area contributed by atoms with E-state index in [0.29, 0.717) is 22.8 Å². The van der Waals surface area contributed by atoms with Crippen LogP contribution in [0, 0.1) is 5.82 Å². The summed E-state index contributed by atoms with van der Waals surface area (Å²) in [6.45, 7) is 0. The first kappa shape index (κ1) is 14.5. The van der Waals surface area contributed by atoms with Crippen LogP contribution < -0.4 is 5.73 Å². The molecule has 0 saturated heterocycles. The van der Waals surface area contributed by atoms with Crippen molar-refractivity contribution in [2.45, 2.75) is 5.75 Å². The summed E-state index contributed by atoms with van der Waals surface area (Å²) in [6, 6.07) is 12.9. The number of nitrogens with zero attached hydrogens (tertiary/aromatic N) is 2. The first-order chi connectivity index (χ1) is 10.7. The van der Waals surface area contributed by atoms with Gasteiger partial charge in [0.15, 0.2) is 0 Å². The highest BCUT2D eigenvalue weighted by molar-refractivity contribution is 7.79. The minimum absolute atomic E-state index is 0.309. The van der Waals surface area contributed by atoms with E-state index in [1.807, 2.05) is 30.3 Å². The summed E-state index contributed by atoms with van der Waals surface area (Å²) in [5, 5.41) is 0. The van der Waals surface area contributed by atoms with Crippen molar-refractivity contribution >= 4 is 18.4 Å².